The first kappa shape index (κ1) is 15.1. The normalized spacial score (nSPS) is 21.2. The third-order valence-electron chi connectivity index (χ3n) is 4.27. The van der Waals surface area contributed by atoms with E-state index < -0.39 is 11.3 Å². The van der Waals surface area contributed by atoms with Crippen LogP contribution in [0, 0.1) is 0 Å². The molecule has 0 spiro atoms. The van der Waals surface area contributed by atoms with Crippen molar-refractivity contribution in [2.45, 2.75) is 25.2 Å². The van der Waals surface area contributed by atoms with Gasteiger partial charge in [0.15, 0.2) is 0 Å². The standard InChI is InChI=1S/C15H18N6O2/c1-15(12-10(13(16)22)7-19-20-12)3-2-6-21(9-15)14(23)11-8-17-4-5-18-11/h4-5,7-8H,2-3,6,9H2,1H3,(H2,16,22)(H,19,20)/t15-/m0/s1. The Labute approximate surface area is 133 Å². The molecule has 1 fully saturated rings. The number of nitrogens with one attached hydrogen (secondary N) is 1. The molecule has 2 aromatic heterocycles. The Balaban J connectivity index is 1.87. The van der Waals surface area contributed by atoms with Gasteiger partial charge in [0.25, 0.3) is 11.8 Å². The number of nitrogens with zero attached hydrogens (tertiary/aromatic N) is 4. The van der Waals surface area contributed by atoms with Gasteiger partial charge in [-0.3, -0.25) is 19.7 Å². The van der Waals surface area contributed by atoms with E-state index in [1.807, 2.05) is 6.92 Å². The number of H-pyrrole nitrogens is 1. The number of aromatic amines is 1. The molecule has 1 aliphatic heterocycles. The molecule has 8 heteroatoms. The van der Waals surface area contributed by atoms with E-state index in [0.717, 1.165) is 12.8 Å². The molecule has 3 rings (SSSR count). The fourth-order valence-electron chi connectivity index (χ4n) is 3.12. The molecule has 120 valence electrons. The lowest BCUT2D eigenvalue weighted by molar-refractivity contribution is 0.0640. The number of hydrogen-bond donors (Lipinski definition) is 2. The van der Waals surface area contributed by atoms with Crippen LogP contribution in [0.3, 0.4) is 0 Å². The van der Waals surface area contributed by atoms with Gasteiger partial charge in [-0.25, -0.2) is 4.98 Å². The minimum Gasteiger partial charge on any atom is -0.365 e. The van der Waals surface area contributed by atoms with Crippen molar-refractivity contribution in [1.82, 2.24) is 25.1 Å². The maximum atomic E-state index is 12.6. The first-order valence-electron chi connectivity index (χ1n) is 7.40. The average Bonchev–Trinajstić information content (AvgIpc) is 3.06. The molecular formula is C15H18N6O2. The second-order valence-corrected chi connectivity index (χ2v) is 6.00. The highest BCUT2D eigenvalue weighted by Gasteiger charge is 2.38. The number of amides is 2. The molecule has 0 aromatic carbocycles. The van der Waals surface area contributed by atoms with Gasteiger partial charge in [-0.15, -0.1) is 0 Å². The van der Waals surface area contributed by atoms with Crippen LogP contribution >= 0.6 is 0 Å². The summed E-state index contributed by atoms with van der Waals surface area (Å²) in [6.45, 7) is 3.11. The zero-order valence-corrected chi connectivity index (χ0v) is 12.8. The van der Waals surface area contributed by atoms with Crippen molar-refractivity contribution in [1.29, 1.82) is 0 Å². The molecule has 0 aliphatic carbocycles. The number of carbonyl (C=O) groups is 2. The fourth-order valence-corrected chi connectivity index (χ4v) is 3.12. The molecular weight excluding hydrogens is 296 g/mol. The van der Waals surface area contributed by atoms with Gasteiger partial charge in [-0.05, 0) is 12.8 Å². The van der Waals surface area contributed by atoms with Gasteiger partial charge in [0.1, 0.15) is 5.69 Å². The summed E-state index contributed by atoms with van der Waals surface area (Å²) >= 11 is 0. The zero-order chi connectivity index (χ0) is 16.4. The maximum absolute atomic E-state index is 12.6. The highest BCUT2D eigenvalue weighted by molar-refractivity contribution is 5.94. The molecule has 1 saturated heterocycles. The largest absolute Gasteiger partial charge is 0.365 e. The molecule has 0 bridgehead atoms. The highest BCUT2D eigenvalue weighted by atomic mass is 16.2. The molecule has 8 nitrogen and oxygen atoms in total. The Bertz CT molecular complexity index is 729. The molecule has 2 aromatic rings. The molecule has 0 radical (unpaired) electrons. The summed E-state index contributed by atoms with van der Waals surface area (Å²) in [5.41, 5.74) is 6.38. The van der Waals surface area contributed by atoms with Crippen LogP contribution in [0.25, 0.3) is 0 Å². The lowest BCUT2D eigenvalue weighted by atomic mass is 9.77. The van der Waals surface area contributed by atoms with Crippen LogP contribution in [-0.2, 0) is 5.41 Å². The highest BCUT2D eigenvalue weighted by Crippen LogP contribution is 2.34. The first-order chi connectivity index (χ1) is 11.0. The molecule has 1 atom stereocenters. The second kappa shape index (κ2) is 5.79. The smallest absolute Gasteiger partial charge is 0.274 e. The van der Waals surface area contributed by atoms with Crippen molar-refractivity contribution < 1.29 is 9.59 Å². The van der Waals surface area contributed by atoms with Crippen LogP contribution in [0.4, 0.5) is 0 Å². The van der Waals surface area contributed by atoms with E-state index in [2.05, 4.69) is 20.2 Å². The number of piperidine rings is 1. The number of rotatable bonds is 3. The van der Waals surface area contributed by atoms with Crippen LogP contribution in [0.1, 0.15) is 46.3 Å². The van der Waals surface area contributed by atoms with Crippen molar-refractivity contribution in [3.8, 4) is 0 Å². The lowest BCUT2D eigenvalue weighted by Gasteiger charge is -2.40. The minimum absolute atomic E-state index is 0.163. The Kier molecular flexibility index (Phi) is 3.81. The Morgan fingerprint density at radius 1 is 1.35 bits per heavy atom. The van der Waals surface area contributed by atoms with Crippen LogP contribution in [-0.4, -0.2) is 50.0 Å². The summed E-state index contributed by atoms with van der Waals surface area (Å²) in [6.07, 6.45) is 7.57. The number of carbonyl (C=O) groups excluding carboxylic acids is 2. The van der Waals surface area contributed by atoms with E-state index in [9.17, 15) is 9.59 Å². The second-order valence-electron chi connectivity index (χ2n) is 6.00. The van der Waals surface area contributed by atoms with Crippen LogP contribution in [0.5, 0.6) is 0 Å². The molecule has 0 saturated carbocycles. The van der Waals surface area contributed by atoms with Gasteiger partial charge in [0.2, 0.25) is 0 Å². The Morgan fingerprint density at radius 2 is 2.17 bits per heavy atom. The van der Waals surface area contributed by atoms with E-state index in [1.54, 1.807) is 4.90 Å². The zero-order valence-electron chi connectivity index (χ0n) is 12.8. The SMILES string of the molecule is C[C@]1(c2[nH]ncc2C(N)=O)CCCN(C(=O)c2cnccn2)C1. The predicted octanol–water partition coefficient (Wildman–Crippen LogP) is 0.492. The van der Waals surface area contributed by atoms with Gasteiger partial charge in [0, 0.05) is 30.9 Å². The maximum Gasteiger partial charge on any atom is 0.274 e. The monoisotopic (exact) mass is 314 g/mol. The van der Waals surface area contributed by atoms with Crippen molar-refractivity contribution in [2.24, 2.45) is 5.73 Å². The predicted molar refractivity (Wildman–Crippen MR) is 81.6 cm³/mol. The van der Waals surface area contributed by atoms with Crippen molar-refractivity contribution in [2.75, 3.05) is 13.1 Å². The number of nitrogens with two attached hydrogens (primary N) is 1. The minimum atomic E-state index is -0.521. The van der Waals surface area contributed by atoms with E-state index in [-0.39, 0.29) is 5.91 Å². The van der Waals surface area contributed by atoms with Crippen molar-refractivity contribution in [3.05, 3.63) is 41.7 Å². The average molecular weight is 314 g/mol. The van der Waals surface area contributed by atoms with Gasteiger partial charge in [-0.2, -0.15) is 5.10 Å². The molecule has 3 heterocycles. The van der Waals surface area contributed by atoms with Crippen LogP contribution in [0.15, 0.2) is 24.8 Å². The fraction of sp³-hybridized carbons (Fsp3) is 0.400. The van der Waals surface area contributed by atoms with Crippen LogP contribution in [0.2, 0.25) is 0 Å². The number of primary amides is 1. The lowest BCUT2D eigenvalue weighted by Crippen LogP contribution is -2.48. The van der Waals surface area contributed by atoms with E-state index >= 15 is 0 Å². The van der Waals surface area contributed by atoms with Gasteiger partial charge in [0.05, 0.1) is 23.7 Å². The summed E-state index contributed by atoms with van der Waals surface area (Å²) in [5.74, 6) is -0.684. The molecule has 2 amide bonds. The summed E-state index contributed by atoms with van der Waals surface area (Å²) in [7, 11) is 0. The van der Waals surface area contributed by atoms with Gasteiger partial charge >= 0.3 is 0 Å². The van der Waals surface area contributed by atoms with Crippen molar-refractivity contribution >= 4 is 11.8 Å². The summed E-state index contributed by atoms with van der Waals surface area (Å²) in [6, 6.07) is 0. The summed E-state index contributed by atoms with van der Waals surface area (Å²) < 4.78 is 0. The van der Waals surface area contributed by atoms with E-state index in [0.29, 0.717) is 30.0 Å². The van der Waals surface area contributed by atoms with Gasteiger partial charge < -0.3 is 10.6 Å². The Morgan fingerprint density at radius 3 is 2.87 bits per heavy atom. The molecule has 1 aliphatic rings. The van der Waals surface area contributed by atoms with E-state index in [4.69, 9.17) is 5.73 Å². The number of likely N-dealkylation sites (tertiary alicyclic amines) is 1. The van der Waals surface area contributed by atoms with E-state index in [1.165, 1.54) is 24.8 Å². The van der Waals surface area contributed by atoms with Crippen molar-refractivity contribution in [3.63, 3.8) is 0 Å². The number of hydrogen-bond acceptors (Lipinski definition) is 5. The Hall–Kier alpha value is -2.77. The third-order valence-corrected chi connectivity index (χ3v) is 4.27. The topological polar surface area (TPSA) is 118 Å². The quantitative estimate of drug-likeness (QED) is 0.855. The van der Waals surface area contributed by atoms with Gasteiger partial charge in [-0.1, -0.05) is 6.92 Å². The first-order valence-corrected chi connectivity index (χ1v) is 7.40. The molecule has 3 N–H and O–H groups in total. The van der Waals surface area contributed by atoms with Crippen LogP contribution < -0.4 is 5.73 Å². The molecule has 0 unspecified atom stereocenters. The third kappa shape index (κ3) is 2.79. The summed E-state index contributed by atoms with van der Waals surface area (Å²) in [5, 5.41) is 6.82. The molecule has 23 heavy (non-hydrogen) atoms. The summed E-state index contributed by atoms with van der Waals surface area (Å²) in [4.78, 5) is 33.9. The number of aromatic nitrogens is 4.